The van der Waals surface area contributed by atoms with Gasteiger partial charge in [0.15, 0.2) is 11.5 Å². The van der Waals surface area contributed by atoms with Crippen LogP contribution in [0.1, 0.15) is 20.3 Å². The van der Waals surface area contributed by atoms with Crippen LogP contribution in [0.15, 0.2) is 18.2 Å². The van der Waals surface area contributed by atoms with Crippen molar-refractivity contribution >= 4 is 5.69 Å². The fourth-order valence-electron chi connectivity index (χ4n) is 3.15. The molecule has 0 saturated carbocycles. The maximum Gasteiger partial charge on any atom is 0.273 e. The average molecular weight is 308 g/mol. The Morgan fingerprint density at radius 2 is 1.95 bits per heavy atom. The molecule has 0 bridgehead atoms. The largest absolute Gasteiger partial charge is 0.493 e. The number of benzene rings is 1. The highest BCUT2D eigenvalue weighted by Gasteiger charge is 2.21. The number of nitro benzene ring substituents is 1. The van der Waals surface area contributed by atoms with Crippen molar-refractivity contribution < 1.29 is 14.4 Å². The first-order valence-corrected chi connectivity index (χ1v) is 7.67. The summed E-state index contributed by atoms with van der Waals surface area (Å²) >= 11 is 0. The lowest BCUT2D eigenvalue weighted by molar-refractivity contribution is -0.384. The van der Waals surface area contributed by atoms with Gasteiger partial charge in [0.25, 0.3) is 5.69 Å². The Balaban J connectivity index is 1.90. The maximum absolute atomic E-state index is 10.8. The fourth-order valence-corrected chi connectivity index (χ4v) is 3.15. The van der Waals surface area contributed by atoms with Gasteiger partial charge in [-0.3, -0.25) is 15.0 Å². The van der Waals surface area contributed by atoms with Crippen LogP contribution < -0.4 is 9.47 Å². The first-order chi connectivity index (χ1) is 10.5. The lowest BCUT2D eigenvalue weighted by Gasteiger charge is -2.34. The number of hydrogen-bond donors (Lipinski definition) is 0. The van der Waals surface area contributed by atoms with Crippen molar-refractivity contribution in [3.63, 3.8) is 0 Å². The molecule has 0 radical (unpaired) electrons. The molecule has 6 nitrogen and oxygen atoms in total. The highest BCUT2D eigenvalue weighted by molar-refractivity contribution is 5.48. The molecule has 1 aromatic rings. The van der Waals surface area contributed by atoms with Gasteiger partial charge in [-0.25, -0.2) is 0 Å². The molecular weight excluding hydrogens is 284 g/mol. The summed E-state index contributed by atoms with van der Waals surface area (Å²) in [4.78, 5) is 12.7. The van der Waals surface area contributed by atoms with Gasteiger partial charge in [0.2, 0.25) is 0 Å². The SMILES string of the molecule is COc1cc([N+](=O)[O-])ccc1OCCN1CC(C)CC(C)C1. The number of piperidine rings is 1. The topological polar surface area (TPSA) is 64.8 Å². The zero-order valence-electron chi connectivity index (χ0n) is 13.4. The highest BCUT2D eigenvalue weighted by atomic mass is 16.6. The quantitative estimate of drug-likeness (QED) is 0.597. The minimum atomic E-state index is -0.442. The number of likely N-dealkylation sites (tertiary alicyclic amines) is 1. The molecule has 1 heterocycles. The molecule has 0 aliphatic carbocycles. The highest BCUT2D eigenvalue weighted by Crippen LogP contribution is 2.31. The van der Waals surface area contributed by atoms with Crippen molar-refractivity contribution in [3.8, 4) is 11.5 Å². The Hall–Kier alpha value is -1.82. The Morgan fingerprint density at radius 1 is 1.27 bits per heavy atom. The summed E-state index contributed by atoms with van der Waals surface area (Å²) in [5.41, 5.74) is 0.00267. The molecule has 2 rings (SSSR count). The number of rotatable bonds is 6. The van der Waals surface area contributed by atoms with Crippen LogP contribution in [0.5, 0.6) is 11.5 Å². The van der Waals surface area contributed by atoms with E-state index in [1.54, 1.807) is 6.07 Å². The average Bonchev–Trinajstić information content (AvgIpc) is 2.46. The zero-order chi connectivity index (χ0) is 16.1. The summed E-state index contributed by atoms with van der Waals surface area (Å²) in [6, 6.07) is 4.42. The molecule has 22 heavy (non-hydrogen) atoms. The van der Waals surface area contributed by atoms with E-state index < -0.39 is 4.92 Å². The van der Waals surface area contributed by atoms with Gasteiger partial charge < -0.3 is 9.47 Å². The summed E-state index contributed by atoms with van der Waals surface area (Å²) in [6.45, 7) is 8.17. The number of ether oxygens (including phenoxy) is 2. The fraction of sp³-hybridized carbons (Fsp3) is 0.625. The van der Waals surface area contributed by atoms with Gasteiger partial charge >= 0.3 is 0 Å². The van der Waals surface area contributed by atoms with Gasteiger partial charge in [-0.2, -0.15) is 0 Å². The van der Waals surface area contributed by atoms with Crippen LogP contribution in [0.3, 0.4) is 0 Å². The van der Waals surface area contributed by atoms with Crippen LogP contribution in [-0.2, 0) is 0 Å². The van der Waals surface area contributed by atoms with E-state index in [0.29, 0.717) is 18.1 Å². The predicted octanol–water partition coefficient (Wildman–Crippen LogP) is 2.96. The number of methoxy groups -OCH3 is 1. The molecule has 1 saturated heterocycles. The minimum absolute atomic E-state index is 0.00267. The van der Waals surface area contributed by atoms with Gasteiger partial charge in [0, 0.05) is 25.7 Å². The zero-order valence-corrected chi connectivity index (χ0v) is 13.4. The lowest BCUT2D eigenvalue weighted by Crippen LogP contribution is -2.40. The third kappa shape index (κ3) is 4.34. The van der Waals surface area contributed by atoms with E-state index in [9.17, 15) is 10.1 Å². The first-order valence-electron chi connectivity index (χ1n) is 7.67. The van der Waals surface area contributed by atoms with E-state index in [1.165, 1.54) is 25.7 Å². The Labute approximate surface area is 131 Å². The molecule has 0 aromatic heterocycles. The third-order valence-electron chi connectivity index (χ3n) is 3.97. The summed E-state index contributed by atoms with van der Waals surface area (Å²) < 4.78 is 10.9. The predicted molar refractivity (Wildman–Crippen MR) is 84.5 cm³/mol. The summed E-state index contributed by atoms with van der Waals surface area (Å²) in [7, 11) is 1.49. The molecule has 1 aliphatic heterocycles. The van der Waals surface area contributed by atoms with Crippen molar-refractivity contribution in [2.24, 2.45) is 11.8 Å². The Bertz CT molecular complexity index is 511. The van der Waals surface area contributed by atoms with E-state index >= 15 is 0 Å². The van der Waals surface area contributed by atoms with Gasteiger partial charge in [-0.05, 0) is 24.3 Å². The summed E-state index contributed by atoms with van der Waals surface area (Å²) in [5, 5.41) is 10.8. The molecule has 2 atom stereocenters. The van der Waals surface area contributed by atoms with E-state index in [2.05, 4.69) is 18.7 Å². The lowest BCUT2D eigenvalue weighted by atomic mass is 9.92. The molecule has 0 N–H and O–H groups in total. The van der Waals surface area contributed by atoms with Crippen LogP contribution >= 0.6 is 0 Å². The minimum Gasteiger partial charge on any atom is -0.493 e. The van der Waals surface area contributed by atoms with Crippen LogP contribution in [0.2, 0.25) is 0 Å². The molecular formula is C16H24N2O4. The Kier molecular flexibility index (Phi) is 5.60. The van der Waals surface area contributed by atoms with Crippen molar-refractivity contribution in [2.45, 2.75) is 20.3 Å². The molecule has 1 fully saturated rings. The van der Waals surface area contributed by atoms with Gasteiger partial charge in [-0.15, -0.1) is 0 Å². The van der Waals surface area contributed by atoms with Gasteiger partial charge in [0.05, 0.1) is 18.1 Å². The van der Waals surface area contributed by atoms with Gasteiger partial charge in [0.1, 0.15) is 6.61 Å². The summed E-state index contributed by atoms with van der Waals surface area (Å²) in [6.07, 6.45) is 1.29. The van der Waals surface area contributed by atoms with Crippen LogP contribution in [-0.4, -0.2) is 43.2 Å². The molecule has 2 unspecified atom stereocenters. The monoisotopic (exact) mass is 308 g/mol. The molecule has 1 aliphatic rings. The third-order valence-corrected chi connectivity index (χ3v) is 3.97. The van der Waals surface area contributed by atoms with E-state index in [-0.39, 0.29) is 5.69 Å². The number of non-ortho nitro benzene ring substituents is 1. The summed E-state index contributed by atoms with van der Waals surface area (Å²) in [5.74, 6) is 2.39. The maximum atomic E-state index is 10.8. The van der Waals surface area contributed by atoms with Crippen molar-refractivity contribution in [1.82, 2.24) is 4.90 Å². The van der Waals surface area contributed by atoms with Crippen molar-refractivity contribution in [2.75, 3.05) is 33.4 Å². The second-order valence-corrected chi connectivity index (χ2v) is 6.15. The molecule has 1 aromatic carbocycles. The van der Waals surface area contributed by atoms with Crippen molar-refractivity contribution in [3.05, 3.63) is 28.3 Å². The van der Waals surface area contributed by atoms with E-state index in [1.807, 2.05) is 0 Å². The van der Waals surface area contributed by atoms with E-state index in [0.717, 1.165) is 31.5 Å². The van der Waals surface area contributed by atoms with Gasteiger partial charge in [-0.1, -0.05) is 13.8 Å². The normalized spacial score (nSPS) is 22.3. The standard InChI is InChI=1S/C16H24N2O4/c1-12-8-13(2)11-17(10-12)6-7-22-15-5-4-14(18(19)20)9-16(15)21-3/h4-5,9,12-13H,6-8,10-11H2,1-3H3. The number of nitrogens with zero attached hydrogens (tertiary/aromatic N) is 2. The first kappa shape index (κ1) is 16.5. The van der Waals surface area contributed by atoms with Crippen LogP contribution in [0.4, 0.5) is 5.69 Å². The molecule has 6 heteroatoms. The smallest absolute Gasteiger partial charge is 0.273 e. The second-order valence-electron chi connectivity index (χ2n) is 6.15. The van der Waals surface area contributed by atoms with Crippen LogP contribution in [0.25, 0.3) is 0 Å². The molecule has 0 amide bonds. The van der Waals surface area contributed by atoms with Crippen LogP contribution in [0, 0.1) is 22.0 Å². The molecule has 0 spiro atoms. The van der Waals surface area contributed by atoms with E-state index in [4.69, 9.17) is 9.47 Å². The Morgan fingerprint density at radius 3 is 2.55 bits per heavy atom. The second kappa shape index (κ2) is 7.45. The number of nitro groups is 1. The number of hydrogen-bond acceptors (Lipinski definition) is 5. The van der Waals surface area contributed by atoms with Crippen molar-refractivity contribution in [1.29, 1.82) is 0 Å². The molecule has 122 valence electrons.